The zero-order chi connectivity index (χ0) is 13.0. The molecule has 0 aliphatic rings. The summed E-state index contributed by atoms with van der Waals surface area (Å²) in [5.41, 5.74) is 7.76. The van der Waals surface area contributed by atoms with E-state index >= 15 is 0 Å². The fourth-order valence-corrected chi connectivity index (χ4v) is 1.77. The van der Waals surface area contributed by atoms with Crippen LogP contribution in [0.4, 0.5) is 0 Å². The molecule has 0 fully saturated rings. The second kappa shape index (κ2) is 5.64. The topological polar surface area (TPSA) is 66.0 Å². The Balaban J connectivity index is 2.04. The van der Waals surface area contributed by atoms with Crippen molar-refractivity contribution in [3.8, 4) is 5.75 Å². The van der Waals surface area contributed by atoms with E-state index in [1.807, 2.05) is 44.4 Å². The van der Waals surface area contributed by atoms with Gasteiger partial charge in [-0.25, -0.2) is 0 Å². The van der Waals surface area contributed by atoms with Crippen molar-refractivity contribution in [3.05, 3.63) is 41.7 Å². The summed E-state index contributed by atoms with van der Waals surface area (Å²) < 4.78 is 7.43. The van der Waals surface area contributed by atoms with Crippen molar-refractivity contribution in [2.45, 2.75) is 26.0 Å². The predicted octanol–water partition coefficient (Wildman–Crippen LogP) is 1.28. The number of hydrogen-bond donors (Lipinski definition) is 1. The lowest BCUT2D eigenvalue weighted by atomic mass is 10.1. The fourth-order valence-electron chi connectivity index (χ4n) is 1.77. The predicted molar refractivity (Wildman–Crippen MR) is 69.1 cm³/mol. The van der Waals surface area contributed by atoms with Gasteiger partial charge in [0.1, 0.15) is 18.1 Å². The highest BCUT2D eigenvalue weighted by Crippen LogP contribution is 2.20. The van der Waals surface area contributed by atoms with Gasteiger partial charge in [-0.2, -0.15) is 0 Å². The average molecular weight is 246 g/mol. The molecule has 1 heterocycles. The Morgan fingerprint density at radius 3 is 2.83 bits per heavy atom. The van der Waals surface area contributed by atoms with Gasteiger partial charge in [0.25, 0.3) is 0 Å². The van der Waals surface area contributed by atoms with Crippen LogP contribution in [0.25, 0.3) is 0 Å². The zero-order valence-electron chi connectivity index (χ0n) is 10.7. The molecule has 0 saturated heterocycles. The van der Waals surface area contributed by atoms with Crippen molar-refractivity contribution in [2.24, 2.45) is 12.8 Å². The van der Waals surface area contributed by atoms with Crippen molar-refractivity contribution in [3.63, 3.8) is 0 Å². The van der Waals surface area contributed by atoms with Crippen LogP contribution in [0.15, 0.2) is 30.5 Å². The lowest BCUT2D eigenvalue weighted by molar-refractivity contribution is 0.297. The number of aromatic nitrogens is 3. The van der Waals surface area contributed by atoms with Crippen molar-refractivity contribution >= 4 is 0 Å². The number of nitrogens with zero attached hydrogens (tertiary/aromatic N) is 3. The van der Waals surface area contributed by atoms with Gasteiger partial charge in [0, 0.05) is 13.1 Å². The van der Waals surface area contributed by atoms with E-state index in [0.29, 0.717) is 6.61 Å². The van der Waals surface area contributed by atoms with Crippen molar-refractivity contribution in [1.82, 2.24) is 15.0 Å². The van der Waals surface area contributed by atoms with Gasteiger partial charge < -0.3 is 10.5 Å². The van der Waals surface area contributed by atoms with Gasteiger partial charge in [-0.1, -0.05) is 23.4 Å². The Bertz CT molecular complexity index is 507. The molecule has 0 radical (unpaired) electrons. The Labute approximate surface area is 107 Å². The number of aryl methyl sites for hydroxylation is 1. The average Bonchev–Trinajstić information content (AvgIpc) is 2.73. The minimum Gasteiger partial charge on any atom is -0.487 e. The third-order valence-electron chi connectivity index (χ3n) is 2.54. The van der Waals surface area contributed by atoms with E-state index in [2.05, 4.69) is 10.3 Å². The van der Waals surface area contributed by atoms with Gasteiger partial charge in [-0.15, -0.1) is 5.10 Å². The van der Waals surface area contributed by atoms with Gasteiger partial charge in [-0.05, 0) is 25.0 Å². The molecule has 5 nitrogen and oxygen atoms in total. The maximum Gasteiger partial charge on any atom is 0.134 e. The van der Waals surface area contributed by atoms with E-state index in [-0.39, 0.29) is 6.04 Å². The Morgan fingerprint density at radius 2 is 2.17 bits per heavy atom. The largest absolute Gasteiger partial charge is 0.487 e. The summed E-state index contributed by atoms with van der Waals surface area (Å²) in [6.45, 7) is 2.41. The van der Waals surface area contributed by atoms with E-state index in [1.54, 1.807) is 4.68 Å². The first-order chi connectivity index (χ1) is 8.65. The first-order valence-electron chi connectivity index (χ1n) is 5.96. The number of ether oxygens (including phenoxy) is 1. The summed E-state index contributed by atoms with van der Waals surface area (Å²) in [6, 6.07) is 8.05. The van der Waals surface area contributed by atoms with E-state index in [4.69, 9.17) is 10.5 Å². The van der Waals surface area contributed by atoms with Crippen LogP contribution < -0.4 is 10.5 Å². The minimum absolute atomic E-state index is 0.117. The van der Waals surface area contributed by atoms with Crippen LogP contribution in [-0.4, -0.2) is 21.0 Å². The third-order valence-corrected chi connectivity index (χ3v) is 2.54. The molecule has 5 heteroatoms. The summed E-state index contributed by atoms with van der Waals surface area (Å²) >= 11 is 0. The highest BCUT2D eigenvalue weighted by atomic mass is 16.5. The normalized spacial score (nSPS) is 12.4. The van der Waals surface area contributed by atoms with Crippen LogP contribution in [0.2, 0.25) is 0 Å². The lowest BCUT2D eigenvalue weighted by Gasteiger charge is -2.11. The van der Waals surface area contributed by atoms with Gasteiger partial charge in [0.05, 0.1) is 6.20 Å². The van der Waals surface area contributed by atoms with Crippen LogP contribution in [0.1, 0.15) is 18.2 Å². The number of nitrogens with two attached hydrogens (primary N) is 1. The van der Waals surface area contributed by atoms with E-state index in [0.717, 1.165) is 23.4 Å². The molecular weight excluding hydrogens is 228 g/mol. The second-order valence-electron chi connectivity index (χ2n) is 4.46. The molecule has 1 atom stereocenters. The molecule has 1 aromatic carbocycles. The molecule has 0 aliphatic heterocycles. The van der Waals surface area contributed by atoms with Gasteiger partial charge in [-0.3, -0.25) is 4.68 Å². The van der Waals surface area contributed by atoms with Crippen LogP contribution in [0.3, 0.4) is 0 Å². The van der Waals surface area contributed by atoms with Crippen molar-refractivity contribution < 1.29 is 4.74 Å². The van der Waals surface area contributed by atoms with E-state index < -0.39 is 0 Å². The molecule has 1 unspecified atom stereocenters. The lowest BCUT2D eigenvalue weighted by Crippen LogP contribution is -2.18. The van der Waals surface area contributed by atoms with E-state index in [1.165, 1.54) is 0 Å². The minimum atomic E-state index is 0.117. The van der Waals surface area contributed by atoms with Crippen LogP contribution in [0, 0.1) is 0 Å². The van der Waals surface area contributed by atoms with Gasteiger partial charge >= 0.3 is 0 Å². The Morgan fingerprint density at radius 1 is 1.39 bits per heavy atom. The highest BCUT2D eigenvalue weighted by molar-refractivity contribution is 5.34. The molecular formula is C13H18N4O. The van der Waals surface area contributed by atoms with Gasteiger partial charge in [0.15, 0.2) is 0 Å². The van der Waals surface area contributed by atoms with Crippen LogP contribution >= 0.6 is 0 Å². The third kappa shape index (κ3) is 3.30. The first-order valence-corrected chi connectivity index (χ1v) is 5.96. The first kappa shape index (κ1) is 12.6. The summed E-state index contributed by atoms with van der Waals surface area (Å²) in [5, 5.41) is 7.85. The molecule has 1 aromatic heterocycles. The zero-order valence-corrected chi connectivity index (χ0v) is 10.7. The summed E-state index contributed by atoms with van der Waals surface area (Å²) in [6.07, 6.45) is 2.64. The summed E-state index contributed by atoms with van der Waals surface area (Å²) in [4.78, 5) is 0. The fraction of sp³-hybridized carbons (Fsp3) is 0.385. The number of rotatable bonds is 5. The molecule has 2 aromatic rings. The number of para-hydroxylation sites is 1. The maximum absolute atomic E-state index is 5.82. The summed E-state index contributed by atoms with van der Waals surface area (Å²) in [7, 11) is 1.83. The molecule has 96 valence electrons. The number of benzene rings is 1. The second-order valence-corrected chi connectivity index (χ2v) is 4.46. The SMILES string of the molecule is CC(N)Cc1ccccc1OCc1cn(C)nn1. The van der Waals surface area contributed by atoms with Gasteiger partial charge in [0.2, 0.25) is 0 Å². The molecule has 0 spiro atoms. The Kier molecular flexibility index (Phi) is 3.94. The molecule has 18 heavy (non-hydrogen) atoms. The molecule has 2 N–H and O–H groups in total. The molecule has 0 bridgehead atoms. The quantitative estimate of drug-likeness (QED) is 0.863. The van der Waals surface area contributed by atoms with Crippen LogP contribution in [0.5, 0.6) is 5.75 Å². The monoisotopic (exact) mass is 246 g/mol. The number of hydrogen-bond acceptors (Lipinski definition) is 4. The standard InChI is InChI=1S/C13H18N4O/c1-10(14)7-11-5-3-4-6-13(11)18-9-12-8-17(2)16-15-12/h3-6,8,10H,7,9,14H2,1-2H3. The maximum atomic E-state index is 5.82. The summed E-state index contributed by atoms with van der Waals surface area (Å²) in [5.74, 6) is 0.862. The van der Waals surface area contributed by atoms with E-state index in [9.17, 15) is 0 Å². The van der Waals surface area contributed by atoms with Crippen LogP contribution in [-0.2, 0) is 20.1 Å². The highest BCUT2D eigenvalue weighted by Gasteiger charge is 2.06. The molecule has 0 saturated carbocycles. The van der Waals surface area contributed by atoms with Crippen molar-refractivity contribution in [1.29, 1.82) is 0 Å². The molecule has 0 aliphatic carbocycles. The smallest absolute Gasteiger partial charge is 0.134 e. The van der Waals surface area contributed by atoms with Crippen molar-refractivity contribution in [2.75, 3.05) is 0 Å². The molecule has 2 rings (SSSR count). The molecule has 0 amide bonds. The Hall–Kier alpha value is -1.88.